The number of tetrazole rings is 1. The van der Waals surface area contributed by atoms with Gasteiger partial charge in [0.25, 0.3) is 5.91 Å². The molecule has 0 N–H and O–H groups in total. The maximum atomic E-state index is 12.0. The topological polar surface area (TPSA) is 73.1 Å². The van der Waals surface area contributed by atoms with Crippen molar-refractivity contribution in [2.24, 2.45) is 0 Å². The first-order valence-corrected chi connectivity index (χ1v) is 6.70. The first-order chi connectivity index (χ1) is 10.7. The van der Waals surface area contributed by atoms with E-state index < -0.39 is 0 Å². The van der Waals surface area contributed by atoms with Crippen LogP contribution in [-0.4, -0.2) is 50.7 Å². The van der Waals surface area contributed by atoms with Crippen molar-refractivity contribution in [1.29, 1.82) is 0 Å². The van der Waals surface area contributed by atoms with Gasteiger partial charge in [-0.25, -0.2) is 4.68 Å². The molecule has 22 heavy (non-hydrogen) atoms. The first kappa shape index (κ1) is 15.4. The minimum absolute atomic E-state index is 0.0358. The summed E-state index contributed by atoms with van der Waals surface area (Å²) < 4.78 is 7.03. The van der Waals surface area contributed by atoms with Gasteiger partial charge in [0.1, 0.15) is 12.1 Å². The molecule has 0 aliphatic rings. The lowest BCUT2D eigenvalue weighted by molar-refractivity contribution is -0.132. The van der Waals surface area contributed by atoms with Crippen molar-refractivity contribution in [3.8, 4) is 11.4 Å². The van der Waals surface area contributed by atoms with Crippen LogP contribution in [0.4, 0.5) is 0 Å². The monoisotopic (exact) mass is 299 g/mol. The molecule has 0 aliphatic carbocycles. The molecule has 0 fully saturated rings. The third-order valence-electron chi connectivity index (χ3n) is 2.86. The number of amides is 1. The van der Waals surface area contributed by atoms with Gasteiger partial charge in [-0.1, -0.05) is 12.2 Å². The van der Waals surface area contributed by atoms with Gasteiger partial charge in [0.2, 0.25) is 0 Å². The summed E-state index contributed by atoms with van der Waals surface area (Å²) in [5.41, 5.74) is 0.809. The van der Waals surface area contributed by atoms with E-state index in [1.807, 2.05) is 0 Å². The molecule has 0 radical (unpaired) electrons. The highest BCUT2D eigenvalue weighted by Gasteiger charge is 2.11. The van der Waals surface area contributed by atoms with Gasteiger partial charge in [0, 0.05) is 13.1 Å². The number of carbonyl (C=O) groups is 1. The minimum atomic E-state index is -0.121. The average molecular weight is 299 g/mol. The average Bonchev–Trinajstić information content (AvgIpc) is 3.07. The zero-order valence-corrected chi connectivity index (χ0v) is 12.1. The van der Waals surface area contributed by atoms with E-state index in [0.29, 0.717) is 18.8 Å². The molecule has 2 rings (SSSR count). The Kier molecular flexibility index (Phi) is 5.42. The number of benzene rings is 1. The molecule has 0 aliphatic heterocycles. The molecular formula is C15H17N5O2. The summed E-state index contributed by atoms with van der Waals surface area (Å²) in [5, 5.41) is 10.9. The van der Waals surface area contributed by atoms with Crippen LogP contribution in [0.5, 0.6) is 5.75 Å². The van der Waals surface area contributed by atoms with E-state index in [-0.39, 0.29) is 12.5 Å². The Labute approximate surface area is 128 Å². The van der Waals surface area contributed by atoms with Crippen molar-refractivity contribution >= 4 is 5.91 Å². The van der Waals surface area contributed by atoms with Crippen molar-refractivity contribution in [2.45, 2.75) is 0 Å². The number of hydrogen-bond acceptors (Lipinski definition) is 5. The fourth-order valence-electron chi connectivity index (χ4n) is 1.80. The SMILES string of the molecule is C=CCN(CC=C)C(=O)COc1ccc(-n2cnnn2)cc1. The van der Waals surface area contributed by atoms with Crippen molar-refractivity contribution in [3.63, 3.8) is 0 Å². The van der Waals surface area contributed by atoms with Gasteiger partial charge in [-0.3, -0.25) is 4.79 Å². The largest absolute Gasteiger partial charge is 0.484 e. The Morgan fingerprint density at radius 3 is 2.45 bits per heavy atom. The lowest BCUT2D eigenvalue weighted by Crippen LogP contribution is -2.35. The van der Waals surface area contributed by atoms with Crippen LogP contribution in [0, 0.1) is 0 Å². The predicted molar refractivity (Wildman–Crippen MR) is 81.6 cm³/mol. The van der Waals surface area contributed by atoms with E-state index in [0.717, 1.165) is 5.69 Å². The van der Waals surface area contributed by atoms with Gasteiger partial charge in [-0.2, -0.15) is 0 Å². The van der Waals surface area contributed by atoms with Gasteiger partial charge in [0.05, 0.1) is 5.69 Å². The van der Waals surface area contributed by atoms with Gasteiger partial charge in [-0.15, -0.1) is 18.3 Å². The van der Waals surface area contributed by atoms with Crippen LogP contribution in [0.1, 0.15) is 0 Å². The fraction of sp³-hybridized carbons (Fsp3) is 0.200. The normalized spacial score (nSPS) is 10.0. The lowest BCUT2D eigenvalue weighted by Gasteiger charge is -2.19. The Morgan fingerprint density at radius 1 is 1.23 bits per heavy atom. The van der Waals surface area contributed by atoms with Crippen molar-refractivity contribution in [2.75, 3.05) is 19.7 Å². The summed E-state index contributed by atoms with van der Waals surface area (Å²) in [7, 11) is 0. The van der Waals surface area contributed by atoms with Gasteiger partial charge < -0.3 is 9.64 Å². The molecule has 1 aromatic carbocycles. The fourth-order valence-corrected chi connectivity index (χ4v) is 1.80. The molecule has 0 saturated carbocycles. The number of rotatable bonds is 8. The maximum absolute atomic E-state index is 12.0. The molecule has 0 saturated heterocycles. The van der Waals surface area contributed by atoms with Crippen LogP contribution >= 0.6 is 0 Å². The van der Waals surface area contributed by atoms with Crippen LogP contribution in [0.25, 0.3) is 5.69 Å². The summed E-state index contributed by atoms with van der Waals surface area (Å²) >= 11 is 0. The predicted octanol–water partition coefficient (Wildman–Crippen LogP) is 1.24. The standard InChI is InChI=1S/C15H17N5O2/c1-3-9-19(10-4-2)15(21)11-22-14-7-5-13(6-8-14)20-12-16-17-18-20/h3-8,12H,1-2,9-11H2. The molecule has 2 aromatic rings. The van der Waals surface area contributed by atoms with E-state index in [1.165, 1.54) is 11.0 Å². The summed E-state index contributed by atoms with van der Waals surface area (Å²) in [6.07, 6.45) is 4.84. The van der Waals surface area contributed by atoms with Crippen molar-refractivity contribution in [3.05, 3.63) is 55.9 Å². The summed E-state index contributed by atoms with van der Waals surface area (Å²) in [6.45, 7) is 8.15. The van der Waals surface area contributed by atoms with Gasteiger partial charge in [0.15, 0.2) is 6.61 Å². The van der Waals surface area contributed by atoms with E-state index in [2.05, 4.69) is 28.7 Å². The number of ether oxygens (including phenoxy) is 1. The van der Waals surface area contributed by atoms with E-state index in [4.69, 9.17) is 4.74 Å². The third-order valence-corrected chi connectivity index (χ3v) is 2.86. The molecule has 7 nitrogen and oxygen atoms in total. The highest BCUT2D eigenvalue weighted by atomic mass is 16.5. The Bertz CT molecular complexity index is 612. The smallest absolute Gasteiger partial charge is 0.261 e. The Morgan fingerprint density at radius 2 is 1.91 bits per heavy atom. The second-order valence-electron chi connectivity index (χ2n) is 4.41. The first-order valence-electron chi connectivity index (χ1n) is 6.70. The number of carbonyl (C=O) groups excluding carboxylic acids is 1. The number of aromatic nitrogens is 4. The van der Waals surface area contributed by atoms with Crippen LogP contribution in [-0.2, 0) is 4.79 Å². The quantitative estimate of drug-likeness (QED) is 0.686. The van der Waals surface area contributed by atoms with Crippen molar-refractivity contribution < 1.29 is 9.53 Å². The molecule has 1 heterocycles. The number of nitrogens with zero attached hydrogens (tertiary/aromatic N) is 5. The van der Waals surface area contributed by atoms with Gasteiger partial charge in [-0.05, 0) is 34.7 Å². The molecule has 0 bridgehead atoms. The molecule has 0 spiro atoms. The van der Waals surface area contributed by atoms with Crippen LogP contribution < -0.4 is 4.74 Å². The minimum Gasteiger partial charge on any atom is -0.484 e. The molecule has 7 heteroatoms. The molecular weight excluding hydrogens is 282 g/mol. The highest BCUT2D eigenvalue weighted by molar-refractivity contribution is 5.78. The molecule has 114 valence electrons. The van der Waals surface area contributed by atoms with Crippen LogP contribution in [0.2, 0.25) is 0 Å². The van der Waals surface area contributed by atoms with E-state index in [9.17, 15) is 4.79 Å². The zero-order valence-electron chi connectivity index (χ0n) is 12.1. The molecule has 0 atom stereocenters. The van der Waals surface area contributed by atoms with Crippen LogP contribution in [0.3, 0.4) is 0 Å². The van der Waals surface area contributed by atoms with Crippen LogP contribution in [0.15, 0.2) is 55.9 Å². The van der Waals surface area contributed by atoms with E-state index >= 15 is 0 Å². The second-order valence-corrected chi connectivity index (χ2v) is 4.41. The Hall–Kier alpha value is -2.96. The summed E-state index contributed by atoms with van der Waals surface area (Å²) in [6, 6.07) is 7.13. The van der Waals surface area contributed by atoms with Crippen molar-refractivity contribution in [1.82, 2.24) is 25.1 Å². The number of hydrogen-bond donors (Lipinski definition) is 0. The third kappa shape index (κ3) is 4.02. The molecule has 1 aromatic heterocycles. The maximum Gasteiger partial charge on any atom is 0.261 e. The molecule has 0 unspecified atom stereocenters. The Balaban J connectivity index is 1.92. The summed E-state index contributed by atoms with van der Waals surface area (Å²) in [4.78, 5) is 13.6. The van der Waals surface area contributed by atoms with E-state index in [1.54, 1.807) is 41.3 Å². The highest BCUT2D eigenvalue weighted by Crippen LogP contribution is 2.14. The lowest BCUT2D eigenvalue weighted by atomic mass is 10.3. The van der Waals surface area contributed by atoms with Gasteiger partial charge >= 0.3 is 0 Å². The second kappa shape index (κ2) is 7.72. The zero-order chi connectivity index (χ0) is 15.8. The summed E-state index contributed by atoms with van der Waals surface area (Å²) in [5.74, 6) is 0.478. The molecule has 1 amide bonds.